The largest absolute Gasteiger partial charge is 0.331 e. The van der Waals surface area contributed by atoms with E-state index in [-0.39, 0.29) is 0 Å². The van der Waals surface area contributed by atoms with Gasteiger partial charge in [-0.1, -0.05) is 336 Å². The molecule has 18 rings (SSSR count). The summed E-state index contributed by atoms with van der Waals surface area (Å²) in [6.45, 7) is 58.0. The third kappa shape index (κ3) is 29.1. The van der Waals surface area contributed by atoms with Crippen LogP contribution in [0, 0.1) is 41.5 Å². The number of fused-ring (bicyclic) bond motifs is 12. The SMILES string of the molecule is C=CC[N+](C)(C)CC/C=C1/c2ccccc2Sc2ccc(C)cc21.C=CC[N+](CC)(CC)CC/C=C1/c2ccccc2Sc2ccc(C)cc21.CC[N+](C)(C)CC/C=C1/c2ccccc2Sc2ccc(C)cc21.CC[N+](C)(CC)CC/C=C1/c2ccccc2Sc2ccc(C)cc21.CC[N+](CC)(CC)CC/C=C1/c2ccccc2Sc2ccc(C)cc21.Cc1ccc2c(c1)/C(=C\CC[N+](C)(C)C)c1ccccc1S2. The monoisotopic (exact) mass is 2030 g/mol. The number of likely N-dealkylation sites (N-methyl/N-ethyl adjacent to an activating group) is 2. The summed E-state index contributed by atoms with van der Waals surface area (Å²) < 4.78 is 6.51. The van der Waals surface area contributed by atoms with Crippen LogP contribution in [0.4, 0.5) is 0 Å². The Balaban J connectivity index is 0.000000145. The molecule has 6 aliphatic rings. The fourth-order valence-electron chi connectivity index (χ4n) is 19.9. The van der Waals surface area contributed by atoms with Crippen molar-refractivity contribution in [3.8, 4) is 0 Å². The van der Waals surface area contributed by atoms with E-state index in [9.17, 15) is 0 Å². The summed E-state index contributed by atoms with van der Waals surface area (Å²) in [5, 5.41) is 0. The predicted octanol–water partition coefficient (Wildman–Crippen LogP) is 34.2. The van der Waals surface area contributed by atoms with Gasteiger partial charge in [-0.25, -0.2) is 0 Å². The average molecular weight is 2030 g/mol. The second kappa shape index (κ2) is 51.8. The summed E-state index contributed by atoms with van der Waals surface area (Å²) in [5.41, 5.74) is 33.1. The molecule has 6 heterocycles. The summed E-state index contributed by atoms with van der Waals surface area (Å²) >= 11 is 11.4. The van der Waals surface area contributed by atoms with Crippen LogP contribution in [0.1, 0.15) is 194 Å². The molecule has 0 bridgehead atoms. The fourth-order valence-corrected chi connectivity index (χ4v) is 26.4. The van der Waals surface area contributed by atoms with Crippen molar-refractivity contribution in [1.82, 2.24) is 0 Å². The van der Waals surface area contributed by atoms with Gasteiger partial charge in [-0.15, -0.1) is 0 Å². The second-order valence-electron chi connectivity index (χ2n) is 42.3. The smallest absolute Gasteiger partial charge is 0.0971 e. The normalized spacial score (nSPS) is 15.2. The minimum absolute atomic E-state index is 0.977. The number of nitrogens with zero attached hydrogens (tertiary/aromatic N) is 6. The van der Waals surface area contributed by atoms with E-state index in [0.29, 0.717) is 0 Å². The van der Waals surface area contributed by atoms with Crippen LogP contribution in [-0.2, 0) is 0 Å². The van der Waals surface area contributed by atoms with Gasteiger partial charge < -0.3 is 26.9 Å². The van der Waals surface area contributed by atoms with Crippen LogP contribution in [0.25, 0.3) is 33.4 Å². The minimum atomic E-state index is 0.977. The molecule has 752 valence electrons. The molecule has 12 heteroatoms. The maximum Gasteiger partial charge on any atom is 0.0971 e. The Labute approximate surface area is 895 Å². The molecule has 0 aromatic heterocycles. The van der Waals surface area contributed by atoms with E-state index in [1.165, 1.54) is 262 Å². The van der Waals surface area contributed by atoms with Crippen molar-refractivity contribution in [3.63, 3.8) is 0 Å². The van der Waals surface area contributed by atoms with Gasteiger partial charge in [0.2, 0.25) is 0 Å². The standard InChI is InChI=1S/C24H30NS.C23H30NS.C22H26NS.C22H28NS.C21H26NS.C20H24NS/c1-5-16-25(6-2,7-3)17-10-12-20-21-11-8-9-13-23(21)26-24-15-14-19(4)18-22(20)24;1-5-24(6-2,7-3)16-10-12-19-20-11-8-9-13-22(20)25-23-15-14-18(4)17-21(19)23;1-5-14-23(3,4)15-8-10-18-19-9-6-7-11-21(19)24-22-13-12-17(2)16-20(18)22;1-5-23(4,6-2)15-9-11-18-19-10-7-8-12-21(19)24-22-14-13-17(3)16-20(18)22;1-5-22(3,4)14-8-10-17-18-9-6-7-11-20(18)23-21-13-12-16(2)15-19(17)21;1-15-11-12-20-18(14-15)16(9-7-13-21(2,3)4)17-8-5-6-10-19(17)22-20/h5,8-9,11-15,18H,1,6-7,10,16-17H2,2-4H3;8-9,11-15,17H,5-7,10,16H2,1-4H3;5-7,9-13,16H,1,8,14-15H2,2-4H3;7-8,10-14,16H,5-6,9,15H2,1-4H3;6-7,9-13,15H,5,8,14H2,1-4H3;5-6,8-12,14H,7,13H2,1-4H3/q6*+1/b20-12-;19-12-;18-10-;18-11-;17-10-;16-9-. The molecule has 12 aromatic rings. The van der Waals surface area contributed by atoms with Crippen LogP contribution in [0.5, 0.6) is 0 Å². The zero-order chi connectivity index (χ0) is 103. The number of rotatable bonds is 30. The molecule has 6 aliphatic heterocycles. The highest BCUT2D eigenvalue weighted by molar-refractivity contribution is 8.00. The van der Waals surface area contributed by atoms with E-state index >= 15 is 0 Å². The highest BCUT2D eigenvalue weighted by Gasteiger charge is 2.31. The van der Waals surface area contributed by atoms with Gasteiger partial charge in [-0.05, 0) is 282 Å². The molecule has 0 spiro atoms. The molecule has 0 saturated heterocycles. The molecule has 6 nitrogen and oxygen atoms in total. The summed E-state index contributed by atoms with van der Waals surface area (Å²) in [7, 11) is 18.3. The molecule has 0 fully saturated rings. The third-order valence-corrected chi connectivity index (χ3v) is 37.0. The second-order valence-corrected chi connectivity index (χ2v) is 48.8. The number of hydrogen-bond acceptors (Lipinski definition) is 6. The van der Waals surface area contributed by atoms with E-state index in [1.807, 2.05) is 76.6 Å². The lowest BCUT2D eigenvalue weighted by molar-refractivity contribution is -0.922. The van der Waals surface area contributed by atoms with Crippen LogP contribution in [0.2, 0.25) is 0 Å². The Bertz CT molecular complexity index is 6640. The van der Waals surface area contributed by atoms with Gasteiger partial charge in [0.05, 0.1) is 161 Å². The van der Waals surface area contributed by atoms with E-state index in [4.69, 9.17) is 0 Å². The first-order chi connectivity index (χ1) is 69.2. The lowest BCUT2D eigenvalue weighted by atomic mass is 9.95. The fraction of sp³-hybridized carbons (Fsp3) is 0.333. The summed E-state index contributed by atoms with van der Waals surface area (Å²) in [6.07, 6.45) is 25.5. The summed E-state index contributed by atoms with van der Waals surface area (Å²) in [6, 6.07) is 93.8. The van der Waals surface area contributed by atoms with Crippen LogP contribution in [0.3, 0.4) is 0 Å². The molecule has 0 atom stereocenters. The highest BCUT2D eigenvalue weighted by atomic mass is 32.2. The first-order valence-corrected chi connectivity index (χ1v) is 57.8. The number of quaternary nitrogens is 6. The topological polar surface area (TPSA) is 0 Å². The van der Waals surface area contributed by atoms with Crippen LogP contribution in [0.15, 0.2) is 375 Å². The molecule has 0 saturated carbocycles. The molecule has 0 radical (unpaired) electrons. The van der Waals surface area contributed by atoms with Gasteiger partial charge in [0.1, 0.15) is 0 Å². The number of benzene rings is 12. The Morgan fingerprint density at radius 1 is 0.208 bits per heavy atom. The zero-order valence-electron chi connectivity index (χ0n) is 91.0. The van der Waals surface area contributed by atoms with Gasteiger partial charge >= 0.3 is 0 Å². The van der Waals surface area contributed by atoms with Crippen molar-refractivity contribution in [2.24, 2.45) is 0 Å². The number of hydrogen-bond donors (Lipinski definition) is 0. The van der Waals surface area contributed by atoms with E-state index in [1.54, 1.807) is 0 Å². The lowest BCUT2D eigenvalue weighted by Gasteiger charge is -2.35. The van der Waals surface area contributed by atoms with Gasteiger partial charge in [0, 0.05) is 97.3 Å². The predicted molar refractivity (Wildman–Crippen MR) is 633 cm³/mol. The van der Waals surface area contributed by atoms with Gasteiger partial charge in [-0.2, -0.15) is 0 Å². The molecule has 0 unspecified atom stereocenters. The van der Waals surface area contributed by atoms with Gasteiger partial charge in [0.25, 0.3) is 0 Å². The Morgan fingerprint density at radius 3 is 0.639 bits per heavy atom. The van der Waals surface area contributed by atoms with Crippen molar-refractivity contribution in [3.05, 3.63) is 417 Å². The van der Waals surface area contributed by atoms with Crippen molar-refractivity contribution >= 4 is 104 Å². The first-order valence-electron chi connectivity index (χ1n) is 53.0. The maximum atomic E-state index is 3.97. The Morgan fingerprint density at radius 2 is 0.417 bits per heavy atom. The quantitative estimate of drug-likeness (QED) is 0.0323. The van der Waals surface area contributed by atoms with Gasteiger partial charge in [0.15, 0.2) is 0 Å². The molecule has 12 aromatic carbocycles. The van der Waals surface area contributed by atoms with Crippen molar-refractivity contribution in [2.75, 3.05) is 161 Å². The highest BCUT2D eigenvalue weighted by Crippen LogP contribution is 2.53. The molecule has 0 amide bonds. The summed E-state index contributed by atoms with van der Waals surface area (Å²) in [4.78, 5) is 16.5. The minimum Gasteiger partial charge on any atom is -0.331 e. The maximum absolute atomic E-state index is 3.97. The first kappa shape index (κ1) is 112. The average Bonchev–Trinajstić information content (AvgIpc) is 0.795. The third-order valence-electron chi connectivity index (χ3n) is 30.0. The van der Waals surface area contributed by atoms with E-state index in [0.717, 1.165) is 100 Å². The Hall–Kier alpha value is -9.58. The summed E-state index contributed by atoms with van der Waals surface area (Å²) in [5.74, 6) is 0. The van der Waals surface area contributed by atoms with Crippen LogP contribution >= 0.6 is 70.6 Å². The molecular formula is C132H164N6S6+6. The molecular weight excluding hydrogens is 1860 g/mol. The molecule has 144 heavy (non-hydrogen) atoms. The van der Waals surface area contributed by atoms with Crippen molar-refractivity contribution in [1.29, 1.82) is 0 Å². The molecule has 0 N–H and O–H groups in total. The lowest BCUT2D eigenvalue weighted by Crippen LogP contribution is -2.48. The van der Waals surface area contributed by atoms with E-state index in [2.05, 4.69) is 464 Å². The van der Waals surface area contributed by atoms with E-state index < -0.39 is 0 Å². The molecule has 0 aliphatic carbocycles. The van der Waals surface area contributed by atoms with Crippen LogP contribution in [-0.4, -0.2) is 188 Å². The van der Waals surface area contributed by atoms with Crippen molar-refractivity contribution < 1.29 is 26.9 Å². The van der Waals surface area contributed by atoms with Gasteiger partial charge in [-0.3, -0.25) is 0 Å². The van der Waals surface area contributed by atoms with Crippen molar-refractivity contribution in [2.45, 2.75) is 194 Å². The Kier molecular flexibility index (Phi) is 40.2. The zero-order valence-corrected chi connectivity index (χ0v) is 95.9. The van der Waals surface area contributed by atoms with Crippen LogP contribution < -0.4 is 0 Å². The number of aryl methyl sites for hydroxylation is 6.